The van der Waals surface area contributed by atoms with E-state index >= 15 is 4.39 Å². The number of benzene rings is 3. The Hall–Kier alpha value is -4.05. The molecule has 282 valence electrons. The van der Waals surface area contributed by atoms with Crippen molar-refractivity contribution in [2.45, 2.75) is 69.9 Å². The molecule has 0 atom stereocenters. The van der Waals surface area contributed by atoms with Gasteiger partial charge in [0, 0.05) is 18.3 Å². The Morgan fingerprint density at radius 2 is 1.68 bits per heavy atom. The fourth-order valence-corrected chi connectivity index (χ4v) is 8.28. The summed E-state index contributed by atoms with van der Waals surface area (Å²) in [5.41, 5.74) is 2.39. The van der Waals surface area contributed by atoms with Gasteiger partial charge in [0.15, 0.2) is 23.3 Å². The number of hydrogen-bond donors (Lipinski definition) is 1. The van der Waals surface area contributed by atoms with Crippen LogP contribution in [0.2, 0.25) is 5.15 Å². The van der Waals surface area contributed by atoms with Crippen LogP contribution in [0.1, 0.15) is 79.1 Å². The Bertz CT molecular complexity index is 2170. The molecule has 1 aromatic heterocycles. The Morgan fingerprint density at radius 1 is 1.00 bits per heavy atom. The average Bonchev–Trinajstić information content (AvgIpc) is 3.95. The number of ether oxygens (including phenoxy) is 1. The summed E-state index contributed by atoms with van der Waals surface area (Å²) in [5, 5.41) is 9.51. The minimum atomic E-state index is -5.37. The van der Waals surface area contributed by atoms with E-state index in [1.807, 2.05) is 32.9 Å². The minimum absolute atomic E-state index is 0.00341. The molecule has 9 nitrogen and oxygen atoms in total. The average molecular weight is 841 g/mol. The highest BCUT2D eigenvalue weighted by atomic mass is 79.9. The summed E-state index contributed by atoms with van der Waals surface area (Å²) in [6.45, 7) is 5.87. The summed E-state index contributed by atoms with van der Waals surface area (Å²) in [5.74, 6) is -10.7. The Labute approximate surface area is 317 Å². The van der Waals surface area contributed by atoms with Crippen LogP contribution in [0.5, 0.6) is 5.75 Å². The molecule has 1 saturated carbocycles. The van der Waals surface area contributed by atoms with E-state index < -0.39 is 67.6 Å². The maximum Gasteiger partial charge on any atom is 0.335 e. The van der Waals surface area contributed by atoms with Crippen LogP contribution in [0.25, 0.3) is 0 Å². The molecule has 1 fully saturated rings. The van der Waals surface area contributed by atoms with Crippen molar-refractivity contribution in [2.75, 3.05) is 18.1 Å². The van der Waals surface area contributed by atoms with Crippen molar-refractivity contribution in [2.24, 2.45) is 0 Å². The summed E-state index contributed by atoms with van der Waals surface area (Å²) in [6.07, 6.45) is 3.29. The number of halogens is 6. The van der Waals surface area contributed by atoms with Crippen LogP contribution in [0, 0.1) is 23.3 Å². The Morgan fingerprint density at radius 3 is 2.28 bits per heavy atom. The lowest BCUT2D eigenvalue weighted by Crippen LogP contribution is -2.43. The van der Waals surface area contributed by atoms with Gasteiger partial charge in [0.1, 0.15) is 15.8 Å². The number of hydrogen-bond acceptors (Lipinski definition) is 6. The van der Waals surface area contributed by atoms with Crippen LogP contribution in [0.4, 0.5) is 23.2 Å². The molecule has 1 aliphatic rings. The third kappa shape index (κ3) is 8.69. The molecular formula is C37H35BrClF4N3O6S. The molecule has 3 aromatic carbocycles. The number of carboxylic acids is 1. The van der Waals surface area contributed by atoms with Crippen molar-refractivity contribution in [1.82, 2.24) is 9.29 Å². The number of carbonyl (C=O) groups excluding carboxylic acids is 1. The first-order chi connectivity index (χ1) is 24.8. The van der Waals surface area contributed by atoms with Gasteiger partial charge in [0.25, 0.3) is 0 Å². The van der Waals surface area contributed by atoms with Gasteiger partial charge in [-0.1, -0.05) is 56.6 Å². The van der Waals surface area contributed by atoms with Gasteiger partial charge < -0.3 is 14.7 Å². The topological polar surface area (TPSA) is 117 Å². The lowest BCUT2D eigenvalue weighted by molar-refractivity contribution is -0.119. The minimum Gasteiger partial charge on any atom is -0.492 e. The van der Waals surface area contributed by atoms with Gasteiger partial charge in [0.05, 0.1) is 35.4 Å². The van der Waals surface area contributed by atoms with Gasteiger partial charge in [-0.2, -0.15) is 4.31 Å². The second-order valence-electron chi connectivity index (χ2n) is 13.5. The molecule has 53 heavy (non-hydrogen) atoms. The van der Waals surface area contributed by atoms with Gasteiger partial charge in [-0.3, -0.25) is 4.79 Å². The van der Waals surface area contributed by atoms with E-state index in [4.69, 9.17) is 16.3 Å². The number of anilines is 1. The maximum atomic E-state index is 15.3. The second-order valence-corrected chi connectivity index (χ2v) is 16.5. The molecule has 0 bridgehead atoms. The Balaban J connectivity index is 1.68. The van der Waals surface area contributed by atoms with Crippen LogP contribution in [-0.4, -0.2) is 47.8 Å². The molecule has 16 heteroatoms. The van der Waals surface area contributed by atoms with Crippen molar-refractivity contribution in [3.8, 4) is 5.75 Å². The zero-order valence-electron chi connectivity index (χ0n) is 29.0. The molecule has 0 radical (unpaired) electrons. The fraction of sp³-hybridized carbons (Fsp3) is 0.324. The number of nitrogens with zero attached hydrogens (tertiary/aromatic N) is 3. The van der Waals surface area contributed by atoms with Crippen LogP contribution in [-0.2, 0) is 33.3 Å². The van der Waals surface area contributed by atoms with Crippen molar-refractivity contribution in [1.29, 1.82) is 0 Å². The summed E-state index contributed by atoms with van der Waals surface area (Å²) < 4.78 is 92.1. The van der Waals surface area contributed by atoms with Crippen molar-refractivity contribution in [3.63, 3.8) is 0 Å². The van der Waals surface area contributed by atoms with Crippen LogP contribution in [0.3, 0.4) is 0 Å². The van der Waals surface area contributed by atoms with Gasteiger partial charge in [-0.25, -0.2) is 35.8 Å². The van der Waals surface area contributed by atoms with Gasteiger partial charge in [-0.15, -0.1) is 0 Å². The number of rotatable bonds is 13. The molecular weight excluding hydrogens is 806 g/mol. The van der Waals surface area contributed by atoms with Gasteiger partial charge in [0.2, 0.25) is 15.9 Å². The zero-order valence-corrected chi connectivity index (χ0v) is 32.2. The van der Waals surface area contributed by atoms with Crippen LogP contribution >= 0.6 is 27.5 Å². The number of carbonyl (C=O) groups is 2. The number of sulfonamides is 1. The van der Waals surface area contributed by atoms with Crippen LogP contribution in [0.15, 0.2) is 64.1 Å². The quantitative estimate of drug-likeness (QED) is 0.0620. The number of amides is 1. The standard InChI is InChI=1S/C37H35BrClF4N3O6S/c1-5-52-27-16-22(36(48)49)10-11-26(27)46(17-20-13-24(21-8-9-21)15-25(14-20)37(2,3)4)28(47)19-45(18-23-7-6-12-44-35(23)39)53(50,51)34-29(38)30(40)31(41)32(42)33(34)43/h6-7,10-16,21H,5,8-9,17-19H2,1-4H3,(H,48,49). The lowest BCUT2D eigenvalue weighted by atomic mass is 9.84. The fourth-order valence-electron chi connectivity index (χ4n) is 5.66. The van der Waals surface area contributed by atoms with Crippen molar-refractivity contribution >= 4 is 55.1 Å². The molecule has 1 amide bonds. The predicted molar refractivity (Wildman–Crippen MR) is 194 cm³/mol. The number of aromatic carboxylic acids is 1. The number of carboxylic acid groups (broad SMARTS) is 1. The first-order valence-corrected chi connectivity index (χ1v) is 19.0. The Kier molecular flexibility index (Phi) is 11.9. The lowest BCUT2D eigenvalue weighted by Gasteiger charge is -2.30. The van der Waals surface area contributed by atoms with E-state index in [1.165, 1.54) is 41.4 Å². The maximum absolute atomic E-state index is 15.3. The van der Waals surface area contributed by atoms with E-state index in [2.05, 4.69) is 27.0 Å². The molecule has 0 spiro atoms. The largest absolute Gasteiger partial charge is 0.492 e. The van der Waals surface area contributed by atoms with E-state index in [9.17, 15) is 36.3 Å². The monoisotopic (exact) mass is 839 g/mol. The summed E-state index contributed by atoms with van der Waals surface area (Å²) in [4.78, 5) is 30.1. The SMILES string of the molecule is CCOc1cc(C(=O)O)ccc1N(Cc1cc(C2CC2)cc(C(C)(C)C)c1)C(=O)CN(Cc1cccnc1Cl)S(=O)(=O)c1c(F)c(F)c(F)c(F)c1Br. The molecule has 4 aromatic rings. The number of aromatic nitrogens is 1. The van der Waals surface area contributed by atoms with E-state index in [0.717, 1.165) is 24.0 Å². The van der Waals surface area contributed by atoms with Gasteiger partial charge >= 0.3 is 5.97 Å². The second kappa shape index (κ2) is 15.7. The molecule has 1 N–H and O–H groups in total. The number of pyridine rings is 1. The van der Waals surface area contributed by atoms with Crippen molar-refractivity contribution in [3.05, 3.63) is 115 Å². The molecule has 0 saturated heterocycles. The smallest absolute Gasteiger partial charge is 0.335 e. The van der Waals surface area contributed by atoms with E-state index in [-0.39, 0.29) is 46.3 Å². The summed E-state index contributed by atoms with van der Waals surface area (Å²) in [6, 6.07) is 12.6. The highest BCUT2D eigenvalue weighted by molar-refractivity contribution is 9.10. The van der Waals surface area contributed by atoms with Crippen molar-refractivity contribution < 1.29 is 45.4 Å². The third-order valence-corrected chi connectivity index (χ3v) is 11.8. The molecule has 1 aliphatic carbocycles. The zero-order chi connectivity index (χ0) is 39.0. The van der Waals surface area contributed by atoms with Crippen LogP contribution < -0.4 is 9.64 Å². The highest BCUT2D eigenvalue weighted by Crippen LogP contribution is 2.42. The third-order valence-electron chi connectivity index (χ3n) is 8.63. The normalized spacial score (nSPS) is 13.3. The summed E-state index contributed by atoms with van der Waals surface area (Å²) >= 11 is 8.81. The molecule has 1 heterocycles. The van der Waals surface area contributed by atoms with E-state index in [1.54, 1.807) is 6.92 Å². The van der Waals surface area contributed by atoms with Gasteiger partial charge in [-0.05, 0) is 88.0 Å². The molecule has 0 aliphatic heterocycles. The highest BCUT2D eigenvalue weighted by Gasteiger charge is 2.38. The summed E-state index contributed by atoms with van der Waals surface area (Å²) in [7, 11) is -5.37. The molecule has 5 rings (SSSR count). The van der Waals surface area contributed by atoms with E-state index in [0.29, 0.717) is 15.8 Å². The predicted octanol–water partition coefficient (Wildman–Crippen LogP) is 8.75. The first-order valence-electron chi connectivity index (χ1n) is 16.4. The first kappa shape index (κ1) is 40.1. The molecule has 0 unspecified atom stereocenters.